The van der Waals surface area contributed by atoms with E-state index in [-0.39, 0.29) is 34.0 Å². The first-order valence-corrected chi connectivity index (χ1v) is 27.3. The molecule has 0 amide bonds. The minimum absolute atomic E-state index is 0.109. The maximum absolute atomic E-state index is 12.4. The van der Waals surface area contributed by atoms with E-state index in [0.717, 1.165) is 32.1 Å². The first-order chi connectivity index (χ1) is 34.6. The normalized spacial score (nSPS) is 56.5. The number of rotatable bonds is 10. The maximum Gasteiger partial charge on any atom is 0.187 e. The molecule has 9 aliphatic rings. The molecule has 424 valence electrons. The Morgan fingerprint density at radius 3 is 1.81 bits per heavy atom. The van der Waals surface area contributed by atoms with Gasteiger partial charge in [-0.05, 0) is 121 Å². The van der Waals surface area contributed by atoms with Crippen molar-refractivity contribution in [1.29, 1.82) is 0 Å². The molecule has 9 rings (SSSR count). The molecule has 0 aromatic carbocycles. The third-order valence-corrected chi connectivity index (χ3v) is 21.5. The van der Waals surface area contributed by atoms with Gasteiger partial charge >= 0.3 is 0 Å². The standard InChI is InChI=1S/C54H88O20/c1-22-23(2)26-13-17-52(8)27(34(26)54(10,66)24(22)3)11-12-32-51(7)16-15-33(50(5,6)31(51)14-18-53(32,52)9)71-48-45(74-46-41(64)38(61)35(58)25(4)68-46)43(28(57)21-67-48)72-49-44(40(63)37(60)30(20-56)70-49)73-47-42(65)39(62)36(59)29(19-55)69-47/h11-12,22-26,28-33,35-49,55-66H,13-21H2,1-10H3/t22-,23+,24+,25+,26?,28+,29+,30+,31?,32?,33?,35+,36+,37+,38+,39-,40-,41+,42+,43+,44+,45+,46-,47-,48-,49-,51-,52+,53+,54+/m0/s1. The first kappa shape index (κ1) is 57.4. The molecular formula is C54H88O20. The average Bonchev–Trinajstić information content (AvgIpc) is 3.35. The average molecular weight is 1060 g/mol. The van der Waals surface area contributed by atoms with Crippen LogP contribution in [0.2, 0.25) is 0 Å². The molecule has 0 aromatic heterocycles. The lowest BCUT2D eigenvalue weighted by Gasteiger charge is -2.69. The van der Waals surface area contributed by atoms with Gasteiger partial charge in [0.05, 0.1) is 37.6 Å². The van der Waals surface area contributed by atoms with Gasteiger partial charge in [0.25, 0.3) is 0 Å². The lowest BCUT2D eigenvalue weighted by atomic mass is 9.35. The first-order valence-electron chi connectivity index (χ1n) is 27.3. The summed E-state index contributed by atoms with van der Waals surface area (Å²) >= 11 is 0. The summed E-state index contributed by atoms with van der Waals surface area (Å²) in [6, 6.07) is 0. The topological polar surface area (TPSA) is 317 Å². The van der Waals surface area contributed by atoms with Gasteiger partial charge in [0.2, 0.25) is 0 Å². The van der Waals surface area contributed by atoms with Crippen LogP contribution in [0, 0.1) is 57.2 Å². The maximum atomic E-state index is 12.4. The van der Waals surface area contributed by atoms with Gasteiger partial charge in [-0.3, -0.25) is 0 Å². The number of hydrogen-bond donors (Lipinski definition) is 12. The van der Waals surface area contributed by atoms with Crippen molar-refractivity contribution in [2.45, 2.75) is 236 Å². The second-order valence-electron chi connectivity index (χ2n) is 25.5. The van der Waals surface area contributed by atoms with Crippen molar-refractivity contribution >= 4 is 0 Å². The van der Waals surface area contributed by atoms with Gasteiger partial charge in [-0.2, -0.15) is 0 Å². The highest BCUT2D eigenvalue weighted by atomic mass is 16.8. The predicted molar refractivity (Wildman–Crippen MR) is 260 cm³/mol. The molecule has 4 heterocycles. The van der Waals surface area contributed by atoms with E-state index in [9.17, 15) is 61.3 Å². The number of fused-ring (bicyclic) bond motifs is 6. The van der Waals surface area contributed by atoms with Gasteiger partial charge in [-0.15, -0.1) is 0 Å². The molecule has 20 nitrogen and oxygen atoms in total. The predicted octanol–water partition coefficient (Wildman–Crippen LogP) is 0.125. The zero-order chi connectivity index (χ0) is 54.1. The van der Waals surface area contributed by atoms with Gasteiger partial charge in [-0.25, -0.2) is 0 Å². The molecule has 4 saturated heterocycles. The third-order valence-electron chi connectivity index (χ3n) is 21.5. The van der Waals surface area contributed by atoms with Crippen molar-refractivity contribution in [2.75, 3.05) is 19.8 Å². The molecular weight excluding hydrogens is 969 g/mol. The Kier molecular flexibility index (Phi) is 16.0. The van der Waals surface area contributed by atoms with Crippen molar-refractivity contribution in [2.24, 2.45) is 57.2 Å². The Bertz CT molecular complexity index is 2050. The van der Waals surface area contributed by atoms with E-state index >= 15 is 0 Å². The quantitative estimate of drug-likeness (QED) is 0.129. The van der Waals surface area contributed by atoms with Crippen molar-refractivity contribution in [3.63, 3.8) is 0 Å². The molecule has 4 aliphatic heterocycles. The van der Waals surface area contributed by atoms with Crippen LogP contribution in [0.15, 0.2) is 23.3 Å². The lowest BCUT2D eigenvalue weighted by molar-refractivity contribution is -0.401. The molecule has 0 aromatic rings. The molecule has 20 heteroatoms. The summed E-state index contributed by atoms with van der Waals surface area (Å²) in [5.74, 6) is 1.65. The van der Waals surface area contributed by atoms with Gasteiger partial charge in [0.1, 0.15) is 85.5 Å². The molecule has 4 unspecified atom stereocenters. The van der Waals surface area contributed by atoms with E-state index in [1.165, 1.54) is 18.1 Å². The molecule has 3 saturated carbocycles. The zero-order valence-corrected chi connectivity index (χ0v) is 44.7. The Hall–Kier alpha value is -1.32. The van der Waals surface area contributed by atoms with Crippen LogP contribution in [0.1, 0.15) is 108 Å². The molecule has 30 atom stereocenters. The van der Waals surface area contributed by atoms with Gasteiger partial charge in [-0.1, -0.05) is 67.5 Å². The van der Waals surface area contributed by atoms with Crippen LogP contribution in [0.4, 0.5) is 0 Å². The molecule has 0 bridgehead atoms. The minimum atomic E-state index is -1.94. The third kappa shape index (κ3) is 8.96. The SMILES string of the molecule is C[C@@H]1[C@@H](C)[C@@](C)(O)C2=C3C=CC4[C@@]5(C)CCC(O[C@@H]6OC[C@@H](O)[C@@H](O[C@@H]7O[C@H](CO)[C@@H](O)[C@H](O)[C@H]7O[C@@H]7O[C@H](CO)[C@@H](O)[C@H](O)[C@H]7O)[C@H]6O[C@@H]6O[C@H](C)[C@@H](O)[C@@H](O)[C@H]6O)C(C)(C)C5CC[C@@]4(C)[C@]3(C)CCC2[C@@H]1C. The van der Waals surface area contributed by atoms with Crippen molar-refractivity contribution in [3.8, 4) is 0 Å². The van der Waals surface area contributed by atoms with Crippen LogP contribution in [0.25, 0.3) is 0 Å². The van der Waals surface area contributed by atoms with Gasteiger partial charge in [0.15, 0.2) is 25.2 Å². The van der Waals surface area contributed by atoms with Crippen molar-refractivity contribution in [3.05, 3.63) is 23.3 Å². The summed E-state index contributed by atoms with van der Waals surface area (Å²) in [6.07, 6.45) is -21.8. The molecule has 0 radical (unpaired) electrons. The monoisotopic (exact) mass is 1060 g/mol. The second kappa shape index (κ2) is 20.7. The lowest BCUT2D eigenvalue weighted by Crippen LogP contribution is -2.67. The highest BCUT2D eigenvalue weighted by Gasteiger charge is 2.68. The highest BCUT2D eigenvalue weighted by molar-refractivity contribution is 5.47. The van der Waals surface area contributed by atoms with Crippen LogP contribution in [-0.4, -0.2) is 210 Å². The van der Waals surface area contributed by atoms with E-state index in [1.807, 2.05) is 6.92 Å². The molecule has 12 N–H and O–H groups in total. The summed E-state index contributed by atoms with van der Waals surface area (Å²) in [5.41, 5.74) is 0.699. The number of ether oxygens (including phenoxy) is 8. The van der Waals surface area contributed by atoms with Crippen LogP contribution < -0.4 is 0 Å². The van der Waals surface area contributed by atoms with E-state index in [4.69, 9.17) is 37.9 Å². The van der Waals surface area contributed by atoms with Gasteiger partial charge in [0, 0.05) is 0 Å². The number of aliphatic hydroxyl groups excluding tert-OH is 11. The van der Waals surface area contributed by atoms with Crippen molar-refractivity contribution < 1.29 is 99.2 Å². The van der Waals surface area contributed by atoms with Crippen molar-refractivity contribution in [1.82, 2.24) is 0 Å². The Balaban J connectivity index is 1.01. The summed E-state index contributed by atoms with van der Waals surface area (Å²) in [4.78, 5) is 0. The fraction of sp³-hybridized carbons (Fsp3) is 0.926. The van der Waals surface area contributed by atoms with E-state index in [2.05, 4.69) is 67.5 Å². The molecule has 0 spiro atoms. The zero-order valence-electron chi connectivity index (χ0n) is 44.7. The fourth-order valence-corrected chi connectivity index (χ4v) is 16.2. The van der Waals surface area contributed by atoms with Crippen LogP contribution in [0.3, 0.4) is 0 Å². The molecule has 5 aliphatic carbocycles. The summed E-state index contributed by atoms with van der Waals surface area (Å²) in [5, 5.41) is 131. The second-order valence-corrected chi connectivity index (χ2v) is 25.5. The van der Waals surface area contributed by atoms with Gasteiger partial charge < -0.3 is 99.2 Å². The Labute approximate surface area is 434 Å². The Morgan fingerprint density at radius 2 is 1.16 bits per heavy atom. The summed E-state index contributed by atoms with van der Waals surface area (Å²) < 4.78 is 49.6. The minimum Gasteiger partial charge on any atom is -0.394 e. The Morgan fingerprint density at radius 1 is 0.581 bits per heavy atom. The smallest absolute Gasteiger partial charge is 0.187 e. The largest absolute Gasteiger partial charge is 0.394 e. The van der Waals surface area contributed by atoms with Crippen LogP contribution in [-0.2, 0) is 37.9 Å². The number of hydrogen-bond acceptors (Lipinski definition) is 20. The van der Waals surface area contributed by atoms with Crippen LogP contribution >= 0.6 is 0 Å². The van der Waals surface area contributed by atoms with E-state index in [0.29, 0.717) is 24.2 Å². The van der Waals surface area contributed by atoms with Crippen LogP contribution in [0.5, 0.6) is 0 Å². The highest BCUT2D eigenvalue weighted by Crippen LogP contribution is 2.74. The van der Waals surface area contributed by atoms with E-state index < -0.39 is 154 Å². The molecule has 74 heavy (non-hydrogen) atoms. The molecule has 7 fully saturated rings. The summed E-state index contributed by atoms with van der Waals surface area (Å²) in [6.45, 7) is 20.1. The number of allylic oxidation sites excluding steroid dienone is 3. The fourth-order valence-electron chi connectivity index (χ4n) is 16.2. The number of aliphatic hydroxyl groups is 12. The summed E-state index contributed by atoms with van der Waals surface area (Å²) in [7, 11) is 0. The van der Waals surface area contributed by atoms with E-state index in [1.54, 1.807) is 0 Å².